The van der Waals surface area contributed by atoms with Crippen molar-refractivity contribution in [2.75, 3.05) is 17.3 Å². The molecule has 0 saturated carbocycles. The summed E-state index contributed by atoms with van der Waals surface area (Å²) in [6, 6.07) is 0. The number of aromatic nitrogens is 2. The van der Waals surface area contributed by atoms with Crippen LogP contribution in [0.4, 0.5) is 5.69 Å². The fourth-order valence-corrected chi connectivity index (χ4v) is 1.18. The van der Waals surface area contributed by atoms with E-state index in [1.165, 1.54) is 0 Å². The van der Waals surface area contributed by atoms with Gasteiger partial charge in [-0.2, -0.15) is 0 Å². The number of ether oxygens (including phenoxy) is 1. The number of carbonyl (C=O) groups excluding carboxylic acids is 1. The Morgan fingerprint density at radius 2 is 2.47 bits per heavy atom. The molecular formula is C9H14BrN3O2. The van der Waals surface area contributed by atoms with Gasteiger partial charge in [0.1, 0.15) is 5.69 Å². The highest BCUT2D eigenvalue weighted by atomic mass is 79.9. The molecule has 1 rings (SSSR count). The van der Waals surface area contributed by atoms with Gasteiger partial charge in [0.2, 0.25) is 5.91 Å². The SMILES string of the molecule is CCCOc1nn(C)cc1NC(=O)CBr. The first-order valence-electron chi connectivity index (χ1n) is 4.69. The molecule has 0 aliphatic rings. The molecule has 0 atom stereocenters. The summed E-state index contributed by atoms with van der Waals surface area (Å²) in [6.07, 6.45) is 2.62. The monoisotopic (exact) mass is 275 g/mol. The number of aryl methyl sites for hydroxylation is 1. The van der Waals surface area contributed by atoms with E-state index in [2.05, 4.69) is 26.3 Å². The predicted molar refractivity (Wildman–Crippen MR) is 61.4 cm³/mol. The second kappa shape index (κ2) is 5.75. The maximum Gasteiger partial charge on any atom is 0.256 e. The molecule has 0 bridgehead atoms. The molecule has 15 heavy (non-hydrogen) atoms. The number of rotatable bonds is 5. The third-order valence-electron chi connectivity index (χ3n) is 1.63. The number of halogens is 1. The summed E-state index contributed by atoms with van der Waals surface area (Å²) in [5.41, 5.74) is 0.607. The van der Waals surface area contributed by atoms with Gasteiger partial charge in [0.15, 0.2) is 0 Å². The van der Waals surface area contributed by atoms with Crippen LogP contribution in [-0.4, -0.2) is 27.6 Å². The molecule has 1 aromatic heterocycles. The van der Waals surface area contributed by atoms with E-state index in [4.69, 9.17) is 4.74 Å². The van der Waals surface area contributed by atoms with Crippen molar-refractivity contribution in [3.8, 4) is 5.88 Å². The highest BCUT2D eigenvalue weighted by Crippen LogP contribution is 2.21. The Labute approximate surface area is 96.9 Å². The smallest absolute Gasteiger partial charge is 0.256 e. The minimum Gasteiger partial charge on any atom is -0.475 e. The van der Waals surface area contributed by atoms with Gasteiger partial charge >= 0.3 is 0 Å². The van der Waals surface area contributed by atoms with Crippen LogP contribution < -0.4 is 10.1 Å². The van der Waals surface area contributed by atoms with E-state index in [0.29, 0.717) is 18.2 Å². The van der Waals surface area contributed by atoms with Crippen molar-refractivity contribution in [2.24, 2.45) is 7.05 Å². The van der Waals surface area contributed by atoms with E-state index in [9.17, 15) is 4.79 Å². The minimum atomic E-state index is -0.121. The first kappa shape index (κ1) is 12.0. The van der Waals surface area contributed by atoms with Crippen molar-refractivity contribution in [3.63, 3.8) is 0 Å². The Bertz CT molecular complexity index is 338. The van der Waals surface area contributed by atoms with Gasteiger partial charge in [-0.15, -0.1) is 5.10 Å². The Kier molecular flexibility index (Phi) is 4.61. The van der Waals surface area contributed by atoms with Crippen molar-refractivity contribution in [2.45, 2.75) is 13.3 Å². The Morgan fingerprint density at radius 3 is 3.07 bits per heavy atom. The molecule has 0 spiro atoms. The van der Waals surface area contributed by atoms with Crippen molar-refractivity contribution < 1.29 is 9.53 Å². The van der Waals surface area contributed by atoms with Crippen LogP contribution in [0.15, 0.2) is 6.20 Å². The van der Waals surface area contributed by atoms with Crippen LogP contribution in [0.25, 0.3) is 0 Å². The second-order valence-electron chi connectivity index (χ2n) is 3.05. The zero-order valence-electron chi connectivity index (χ0n) is 8.79. The van der Waals surface area contributed by atoms with Gasteiger partial charge in [0.25, 0.3) is 5.88 Å². The zero-order chi connectivity index (χ0) is 11.3. The minimum absolute atomic E-state index is 0.121. The lowest BCUT2D eigenvalue weighted by atomic mass is 10.5. The molecule has 1 N–H and O–H groups in total. The van der Waals surface area contributed by atoms with E-state index in [-0.39, 0.29) is 11.2 Å². The van der Waals surface area contributed by atoms with Crippen LogP contribution in [0.2, 0.25) is 0 Å². The van der Waals surface area contributed by atoms with Gasteiger partial charge in [-0.25, -0.2) is 0 Å². The molecule has 0 unspecified atom stereocenters. The Morgan fingerprint density at radius 1 is 1.73 bits per heavy atom. The van der Waals surface area contributed by atoms with E-state index in [1.807, 2.05) is 6.92 Å². The van der Waals surface area contributed by atoms with Crippen LogP contribution in [0, 0.1) is 0 Å². The summed E-state index contributed by atoms with van der Waals surface area (Å²) in [4.78, 5) is 11.2. The average Bonchev–Trinajstić information content (AvgIpc) is 2.55. The maximum atomic E-state index is 11.2. The van der Waals surface area contributed by atoms with Crippen LogP contribution in [0.1, 0.15) is 13.3 Å². The highest BCUT2D eigenvalue weighted by molar-refractivity contribution is 9.09. The summed E-state index contributed by atoms with van der Waals surface area (Å²) >= 11 is 3.08. The summed E-state index contributed by atoms with van der Waals surface area (Å²) in [7, 11) is 1.78. The molecule has 0 radical (unpaired) electrons. The second-order valence-corrected chi connectivity index (χ2v) is 3.61. The lowest BCUT2D eigenvalue weighted by molar-refractivity contribution is -0.113. The third kappa shape index (κ3) is 3.54. The lowest BCUT2D eigenvalue weighted by Crippen LogP contribution is -2.12. The van der Waals surface area contributed by atoms with Crippen molar-refractivity contribution >= 4 is 27.5 Å². The highest BCUT2D eigenvalue weighted by Gasteiger charge is 2.10. The number of carbonyl (C=O) groups is 1. The van der Waals surface area contributed by atoms with Crippen LogP contribution in [0.5, 0.6) is 5.88 Å². The van der Waals surface area contributed by atoms with E-state index in [1.54, 1.807) is 17.9 Å². The summed E-state index contributed by atoms with van der Waals surface area (Å²) in [5, 5.41) is 7.05. The molecule has 1 amide bonds. The molecule has 5 nitrogen and oxygen atoms in total. The Hall–Kier alpha value is -1.04. The average molecular weight is 276 g/mol. The van der Waals surface area contributed by atoms with Gasteiger partial charge in [-0.3, -0.25) is 9.48 Å². The quantitative estimate of drug-likeness (QED) is 0.830. The fraction of sp³-hybridized carbons (Fsp3) is 0.556. The lowest BCUT2D eigenvalue weighted by Gasteiger charge is -2.04. The van der Waals surface area contributed by atoms with Gasteiger partial charge < -0.3 is 10.1 Å². The van der Waals surface area contributed by atoms with E-state index >= 15 is 0 Å². The van der Waals surface area contributed by atoms with Crippen LogP contribution in [-0.2, 0) is 11.8 Å². The van der Waals surface area contributed by atoms with Crippen molar-refractivity contribution in [1.29, 1.82) is 0 Å². The topological polar surface area (TPSA) is 56.1 Å². The van der Waals surface area contributed by atoms with E-state index in [0.717, 1.165) is 6.42 Å². The van der Waals surface area contributed by atoms with Gasteiger partial charge in [0.05, 0.1) is 18.1 Å². The number of anilines is 1. The standard InChI is InChI=1S/C9H14BrN3O2/c1-3-4-15-9-7(6-13(2)12-9)11-8(14)5-10/h6H,3-5H2,1-2H3,(H,11,14). The zero-order valence-corrected chi connectivity index (χ0v) is 10.4. The molecule has 0 saturated heterocycles. The largest absolute Gasteiger partial charge is 0.475 e. The van der Waals surface area contributed by atoms with Crippen LogP contribution >= 0.6 is 15.9 Å². The molecule has 1 heterocycles. The normalized spacial score (nSPS) is 10.1. The molecule has 1 aromatic rings. The predicted octanol–water partition coefficient (Wildman–Crippen LogP) is 1.54. The molecule has 0 fully saturated rings. The van der Waals surface area contributed by atoms with Crippen LogP contribution in [0.3, 0.4) is 0 Å². The Balaban J connectivity index is 2.72. The molecule has 84 valence electrons. The molecule has 0 aliphatic heterocycles. The van der Waals surface area contributed by atoms with Gasteiger partial charge in [-0.05, 0) is 6.42 Å². The number of nitrogens with zero attached hydrogens (tertiary/aromatic N) is 2. The van der Waals surface area contributed by atoms with Crippen molar-refractivity contribution in [3.05, 3.63) is 6.20 Å². The third-order valence-corrected chi connectivity index (χ3v) is 2.14. The fourth-order valence-electron chi connectivity index (χ4n) is 1.04. The first-order chi connectivity index (χ1) is 7.17. The molecule has 0 aliphatic carbocycles. The number of alkyl halides is 1. The van der Waals surface area contributed by atoms with Gasteiger partial charge in [-0.1, -0.05) is 22.9 Å². The number of hydrogen-bond donors (Lipinski definition) is 1. The molecule has 0 aromatic carbocycles. The van der Waals surface area contributed by atoms with Gasteiger partial charge in [0, 0.05) is 7.05 Å². The number of amides is 1. The number of nitrogens with one attached hydrogen (secondary N) is 1. The number of hydrogen-bond acceptors (Lipinski definition) is 3. The summed E-state index contributed by atoms with van der Waals surface area (Å²) < 4.78 is 7.00. The first-order valence-corrected chi connectivity index (χ1v) is 5.81. The maximum absolute atomic E-state index is 11.2. The van der Waals surface area contributed by atoms with E-state index < -0.39 is 0 Å². The van der Waals surface area contributed by atoms with Crippen molar-refractivity contribution in [1.82, 2.24) is 9.78 Å². The molecular weight excluding hydrogens is 262 g/mol. The summed E-state index contributed by atoms with van der Waals surface area (Å²) in [5.74, 6) is 0.345. The molecule has 6 heteroatoms. The summed E-state index contributed by atoms with van der Waals surface area (Å²) in [6.45, 7) is 2.61.